The van der Waals surface area contributed by atoms with Crippen molar-refractivity contribution in [1.82, 2.24) is 4.57 Å². The molecule has 2 heterocycles. The average molecular weight is 769 g/mol. The Morgan fingerprint density at radius 1 is 0.417 bits per heavy atom. The Labute approximate surface area is 349 Å². The van der Waals surface area contributed by atoms with Gasteiger partial charge in [0.25, 0.3) is 0 Å². The van der Waals surface area contributed by atoms with Gasteiger partial charge in [0.15, 0.2) is 0 Å². The van der Waals surface area contributed by atoms with Crippen molar-refractivity contribution in [1.29, 1.82) is 0 Å². The normalized spacial score (nSPS) is 13.0. The van der Waals surface area contributed by atoms with Crippen LogP contribution in [0.4, 0.5) is 17.1 Å². The van der Waals surface area contributed by atoms with Gasteiger partial charge in [-0.3, -0.25) is 0 Å². The maximum atomic E-state index is 6.88. The zero-order valence-corrected chi connectivity index (χ0v) is 33.4. The van der Waals surface area contributed by atoms with E-state index in [1.54, 1.807) is 0 Å². The molecule has 3 nitrogen and oxygen atoms in total. The molecule has 9 aromatic carbocycles. The lowest BCUT2D eigenvalue weighted by Crippen LogP contribution is -2.14. The highest BCUT2D eigenvalue weighted by molar-refractivity contribution is 6.25. The summed E-state index contributed by atoms with van der Waals surface area (Å²) in [5.41, 5.74) is 18.5. The molecule has 11 aromatic rings. The van der Waals surface area contributed by atoms with E-state index in [1.807, 2.05) is 0 Å². The highest BCUT2D eigenvalue weighted by atomic mass is 16.3. The number of fused-ring (bicyclic) bond motifs is 10. The molecule has 0 atom stereocenters. The number of nitrogens with zero attached hydrogens (tertiary/aromatic N) is 2. The van der Waals surface area contributed by atoms with Crippen molar-refractivity contribution in [2.24, 2.45) is 0 Å². The molecule has 3 heteroatoms. The first-order chi connectivity index (χ1) is 29.5. The van der Waals surface area contributed by atoms with E-state index in [-0.39, 0.29) is 5.41 Å². The molecule has 0 fully saturated rings. The smallest absolute Gasteiger partial charge is 0.137 e. The van der Waals surface area contributed by atoms with Crippen LogP contribution in [0.1, 0.15) is 25.0 Å². The largest absolute Gasteiger partial charge is 0.456 e. The van der Waals surface area contributed by atoms with Crippen LogP contribution >= 0.6 is 0 Å². The predicted molar refractivity (Wildman–Crippen MR) is 251 cm³/mol. The Hall–Kier alpha value is -7.62. The molecule has 0 N–H and O–H groups in total. The summed E-state index contributed by atoms with van der Waals surface area (Å²) in [5.74, 6) is 0. The van der Waals surface area contributed by atoms with E-state index in [9.17, 15) is 0 Å². The molecule has 0 unspecified atom stereocenters. The number of benzene rings is 9. The number of hydrogen-bond acceptors (Lipinski definition) is 2. The topological polar surface area (TPSA) is 21.3 Å². The summed E-state index contributed by atoms with van der Waals surface area (Å²) in [4.78, 5) is 2.33. The van der Waals surface area contributed by atoms with Gasteiger partial charge in [0.1, 0.15) is 11.2 Å². The molecule has 0 amide bonds. The highest BCUT2D eigenvalue weighted by Crippen LogP contribution is 2.52. The summed E-state index contributed by atoms with van der Waals surface area (Å²) in [7, 11) is 0. The molecule has 60 heavy (non-hydrogen) atoms. The molecule has 2 aromatic heterocycles. The fourth-order valence-electron chi connectivity index (χ4n) is 9.84. The Balaban J connectivity index is 1.06. The number of aromatic nitrogens is 1. The van der Waals surface area contributed by atoms with Crippen LogP contribution in [0.2, 0.25) is 0 Å². The SMILES string of the molecule is CC1(C)c2ccccc2-c2cc3c4ccc5oc6cc(N(c7ccc(-c8ccccc8)cc7)c7ccc(-c8ccccc8)cc7)ccc6c5c4n(-c4ccccc4)c3cc21. The van der Waals surface area contributed by atoms with E-state index < -0.39 is 0 Å². The zero-order valence-electron chi connectivity index (χ0n) is 33.4. The van der Waals surface area contributed by atoms with Crippen LogP contribution in [0.3, 0.4) is 0 Å². The Morgan fingerprint density at radius 3 is 1.62 bits per heavy atom. The van der Waals surface area contributed by atoms with Crippen molar-refractivity contribution in [3.8, 4) is 39.1 Å². The summed E-state index contributed by atoms with van der Waals surface area (Å²) in [6.07, 6.45) is 0. The number of para-hydroxylation sites is 1. The molecule has 284 valence electrons. The third-order valence-corrected chi connectivity index (χ3v) is 12.8. The summed E-state index contributed by atoms with van der Waals surface area (Å²) in [6, 6.07) is 74.6. The van der Waals surface area contributed by atoms with E-state index in [0.717, 1.165) is 44.7 Å². The van der Waals surface area contributed by atoms with Gasteiger partial charge < -0.3 is 13.9 Å². The third kappa shape index (κ3) is 5.22. The van der Waals surface area contributed by atoms with Gasteiger partial charge in [0, 0.05) is 50.4 Å². The fourth-order valence-corrected chi connectivity index (χ4v) is 9.84. The van der Waals surface area contributed by atoms with Crippen LogP contribution in [0.25, 0.3) is 82.8 Å². The van der Waals surface area contributed by atoms with Crippen LogP contribution in [0, 0.1) is 0 Å². The molecule has 0 spiro atoms. The van der Waals surface area contributed by atoms with Gasteiger partial charge in [-0.25, -0.2) is 0 Å². The van der Waals surface area contributed by atoms with Crippen molar-refractivity contribution in [2.75, 3.05) is 4.90 Å². The van der Waals surface area contributed by atoms with Crippen molar-refractivity contribution < 1.29 is 4.42 Å². The van der Waals surface area contributed by atoms with Gasteiger partial charge in [-0.15, -0.1) is 0 Å². The molecule has 0 aliphatic heterocycles. The molecule has 0 saturated heterocycles. The minimum absolute atomic E-state index is 0.109. The maximum absolute atomic E-state index is 6.88. The second-order valence-electron chi connectivity index (χ2n) is 16.5. The zero-order chi connectivity index (χ0) is 40.0. The Bertz CT molecular complexity index is 3330. The van der Waals surface area contributed by atoms with E-state index in [2.05, 4.69) is 230 Å². The standard InChI is InChI=1S/C57H40N2O/c1-57(2)50-21-13-12-20-45(50)48-35-49-46-32-33-53-55(56(46)59(52(49)36-51(48)57)41-18-10-5-11-19-41)47-31-30-44(34-54(47)60-53)58(42-26-22-39(23-27-42)37-14-6-3-7-15-37)43-28-24-40(25-29-43)38-16-8-4-9-17-38/h3-36H,1-2H3. The van der Waals surface area contributed by atoms with Crippen LogP contribution in [0.15, 0.2) is 211 Å². The molecule has 12 rings (SSSR count). The first kappa shape index (κ1) is 34.4. The van der Waals surface area contributed by atoms with Gasteiger partial charge >= 0.3 is 0 Å². The van der Waals surface area contributed by atoms with E-state index in [1.165, 1.54) is 66.3 Å². The molecular formula is C57H40N2O. The molecule has 1 aliphatic carbocycles. The summed E-state index contributed by atoms with van der Waals surface area (Å²) in [5, 5.41) is 4.69. The van der Waals surface area contributed by atoms with Gasteiger partial charge in [0.2, 0.25) is 0 Å². The number of furan rings is 1. The predicted octanol–water partition coefficient (Wildman–Crippen LogP) is 15.8. The molecule has 0 saturated carbocycles. The Kier molecular flexibility index (Phi) is 7.58. The number of anilines is 3. The third-order valence-electron chi connectivity index (χ3n) is 12.8. The first-order valence-corrected chi connectivity index (χ1v) is 20.8. The fraction of sp³-hybridized carbons (Fsp3) is 0.0526. The van der Waals surface area contributed by atoms with Crippen LogP contribution in [-0.4, -0.2) is 4.57 Å². The second-order valence-corrected chi connectivity index (χ2v) is 16.5. The molecule has 0 bridgehead atoms. The van der Waals surface area contributed by atoms with Crippen LogP contribution < -0.4 is 4.90 Å². The quantitative estimate of drug-likeness (QED) is 0.168. The lowest BCUT2D eigenvalue weighted by molar-refractivity contribution is 0.661. The Morgan fingerprint density at radius 2 is 0.967 bits per heavy atom. The van der Waals surface area contributed by atoms with Crippen molar-refractivity contribution in [2.45, 2.75) is 19.3 Å². The first-order valence-electron chi connectivity index (χ1n) is 20.8. The molecule has 0 radical (unpaired) electrons. The van der Waals surface area contributed by atoms with Gasteiger partial charge in [-0.1, -0.05) is 141 Å². The van der Waals surface area contributed by atoms with E-state index in [4.69, 9.17) is 4.42 Å². The lowest BCUT2D eigenvalue weighted by Gasteiger charge is -2.26. The number of hydrogen-bond donors (Lipinski definition) is 0. The van der Waals surface area contributed by atoms with Crippen molar-refractivity contribution in [3.63, 3.8) is 0 Å². The van der Waals surface area contributed by atoms with Gasteiger partial charge in [-0.2, -0.15) is 0 Å². The number of rotatable bonds is 6. The maximum Gasteiger partial charge on any atom is 0.137 e. The minimum Gasteiger partial charge on any atom is -0.456 e. The molecular weight excluding hydrogens is 729 g/mol. The van der Waals surface area contributed by atoms with E-state index in [0.29, 0.717) is 0 Å². The van der Waals surface area contributed by atoms with Gasteiger partial charge in [-0.05, 0) is 117 Å². The van der Waals surface area contributed by atoms with Crippen LogP contribution in [-0.2, 0) is 5.41 Å². The lowest BCUT2D eigenvalue weighted by atomic mass is 9.82. The summed E-state index contributed by atoms with van der Waals surface area (Å²) in [6.45, 7) is 4.72. The monoisotopic (exact) mass is 768 g/mol. The second kappa shape index (κ2) is 13.2. The van der Waals surface area contributed by atoms with Gasteiger partial charge in [0.05, 0.1) is 16.4 Å². The van der Waals surface area contributed by atoms with Crippen molar-refractivity contribution >= 4 is 60.8 Å². The average Bonchev–Trinajstić information content (AvgIpc) is 3.92. The van der Waals surface area contributed by atoms with Crippen LogP contribution in [0.5, 0.6) is 0 Å². The van der Waals surface area contributed by atoms with Crippen molar-refractivity contribution in [3.05, 3.63) is 217 Å². The molecule has 1 aliphatic rings. The summed E-state index contributed by atoms with van der Waals surface area (Å²) < 4.78 is 9.35. The van der Waals surface area contributed by atoms with E-state index >= 15 is 0 Å². The summed E-state index contributed by atoms with van der Waals surface area (Å²) >= 11 is 0. The minimum atomic E-state index is -0.109. The highest BCUT2D eigenvalue weighted by Gasteiger charge is 2.36.